The number of aryl methyl sites for hydroxylation is 1. The van der Waals surface area contributed by atoms with Gasteiger partial charge in [0.15, 0.2) is 0 Å². The van der Waals surface area contributed by atoms with Gasteiger partial charge in [0.1, 0.15) is 0 Å². The van der Waals surface area contributed by atoms with Crippen LogP contribution in [0.4, 0.5) is 11.4 Å². The molecule has 1 amide bonds. The molecule has 0 saturated heterocycles. The molecule has 4 heteroatoms. The summed E-state index contributed by atoms with van der Waals surface area (Å²) in [4.78, 5) is 13.7. The molecule has 0 aromatic heterocycles. The summed E-state index contributed by atoms with van der Waals surface area (Å²) >= 11 is 1.77. The van der Waals surface area contributed by atoms with Crippen molar-refractivity contribution in [2.75, 3.05) is 10.6 Å². The summed E-state index contributed by atoms with van der Waals surface area (Å²) in [5, 5.41) is 11.5. The molecule has 0 radical (unpaired) electrons. The van der Waals surface area contributed by atoms with Gasteiger partial charge in [0.2, 0.25) is 5.91 Å². The van der Waals surface area contributed by atoms with Crippen LogP contribution >= 0.6 is 11.8 Å². The molecule has 5 rings (SSSR count). The van der Waals surface area contributed by atoms with E-state index in [0.29, 0.717) is 0 Å². The normalized spacial score (nSPS) is 11.0. The van der Waals surface area contributed by atoms with Crippen molar-refractivity contribution in [3.8, 4) is 0 Å². The highest BCUT2D eigenvalue weighted by molar-refractivity contribution is 7.99. The van der Waals surface area contributed by atoms with E-state index in [4.69, 9.17) is 0 Å². The van der Waals surface area contributed by atoms with Gasteiger partial charge >= 0.3 is 0 Å². The second-order valence-corrected chi connectivity index (χ2v) is 9.51. The first-order valence-electron chi connectivity index (χ1n) is 11.4. The number of benzene rings is 5. The van der Waals surface area contributed by atoms with Crippen LogP contribution in [0.2, 0.25) is 0 Å². The molecular weight excluding hydrogens is 436 g/mol. The number of amides is 1. The van der Waals surface area contributed by atoms with Gasteiger partial charge in [-0.1, -0.05) is 72.4 Å². The minimum Gasteiger partial charge on any atom is -0.381 e. The quantitative estimate of drug-likeness (QED) is 0.251. The average Bonchev–Trinajstić information content (AvgIpc) is 2.84. The van der Waals surface area contributed by atoms with Gasteiger partial charge in [-0.2, -0.15) is 0 Å². The van der Waals surface area contributed by atoms with Crippen LogP contribution in [-0.2, 0) is 11.3 Å². The molecular formula is C30H26N2OS. The van der Waals surface area contributed by atoms with Crippen LogP contribution in [0.25, 0.3) is 21.5 Å². The number of carbonyl (C=O) groups is 1. The van der Waals surface area contributed by atoms with E-state index < -0.39 is 0 Å². The fourth-order valence-electron chi connectivity index (χ4n) is 4.35. The molecule has 0 heterocycles. The molecule has 168 valence electrons. The highest BCUT2D eigenvalue weighted by atomic mass is 32.2. The van der Waals surface area contributed by atoms with Gasteiger partial charge < -0.3 is 10.6 Å². The van der Waals surface area contributed by atoms with Crippen LogP contribution in [0.3, 0.4) is 0 Å². The van der Waals surface area contributed by atoms with Gasteiger partial charge in [0.05, 0.1) is 0 Å². The van der Waals surface area contributed by atoms with E-state index >= 15 is 0 Å². The second-order valence-electron chi connectivity index (χ2n) is 8.43. The minimum atomic E-state index is -0.0627. The van der Waals surface area contributed by atoms with Gasteiger partial charge in [-0.25, -0.2) is 0 Å². The van der Waals surface area contributed by atoms with Crippen molar-refractivity contribution in [2.24, 2.45) is 0 Å². The van der Waals surface area contributed by atoms with Crippen LogP contribution < -0.4 is 10.6 Å². The van der Waals surface area contributed by atoms with Crippen molar-refractivity contribution in [3.63, 3.8) is 0 Å². The molecule has 0 saturated carbocycles. The maximum atomic E-state index is 11.4. The Morgan fingerprint density at radius 1 is 0.735 bits per heavy atom. The van der Waals surface area contributed by atoms with Crippen molar-refractivity contribution in [2.45, 2.75) is 30.2 Å². The van der Waals surface area contributed by atoms with Crippen molar-refractivity contribution < 1.29 is 4.79 Å². The number of carbonyl (C=O) groups excluding carboxylic acids is 1. The van der Waals surface area contributed by atoms with Crippen molar-refractivity contribution in [3.05, 3.63) is 108 Å². The van der Waals surface area contributed by atoms with Crippen LogP contribution in [0.1, 0.15) is 18.1 Å². The van der Waals surface area contributed by atoms with Crippen LogP contribution in [0.5, 0.6) is 0 Å². The van der Waals surface area contributed by atoms with Crippen molar-refractivity contribution >= 4 is 50.6 Å². The Kier molecular flexibility index (Phi) is 6.24. The average molecular weight is 463 g/mol. The molecule has 0 aliphatic heterocycles. The Morgan fingerprint density at radius 3 is 1.94 bits per heavy atom. The molecule has 0 aliphatic carbocycles. The molecule has 0 aliphatic rings. The second kappa shape index (κ2) is 9.62. The smallest absolute Gasteiger partial charge is 0.221 e. The predicted molar refractivity (Wildman–Crippen MR) is 145 cm³/mol. The van der Waals surface area contributed by atoms with Crippen LogP contribution in [0.15, 0.2) is 107 Å². The maximum absolute atomic E-state index is 11.4. The topological polar surface area (TPSA) is 41.1 Å². The summed E-state index contributed by atoms with van der Waals surface area (Å²) in [5.74, 6) is -0.0627. The van der Waals surface area contributed by atoms with E-state index in [1.807, 2.05) is 12.1 Å². The zero-order valence-electron chi connectivity index (χ0n) is 19.3. The number of hydrogen-bond donors (Lipinski definition) is 2. The number of fused-ring (bicyclic) bond motifs is 2. The summed E-state index contributed by atoms with van der Waals surface area (Å²) in [5.41, 5.74) is 4.49. The molecule has 5 aromatic carbocycles. The third-order valence-electron chi connectivity index (χ3n) is 5.88. The fraction of sp³-hybridized carbons (Fsp3) is 0.100. The summed E-state index contributed by atoms with van der Waals surface area (Å²) < 4.78 is 0. The lowest BCUT2D eigenvalue weighted by Crippen LogP contribution is -2.05. The zero-order chi connectivity index (χ0) is 23.5. The Bertz CT molecular complexity index is 1430. The lowest BCUT2D eigenvalue weighted by molar-refractivity contribution is -0.114. The third-order valence-corrected chi connectivity index (χ3v) is 7.03. The maximum Gasteiger partial charge on any atom is 0.221 e. The van der Waals surface area contributed by atoms with Crippen molar-refractivity contribution in [1.82, 2.24) is 0 Å². The molecule has 3 nitrogen and oxygen atoms in total. The number of hydrogen-bond acceptors (Lipinski definition) is 3. The monoisotopic (exact) mass is 462 g/mol. The summed E-state index contributed by atoms with van der Waals surface area (Å²) in [6.07, 6.45) is 0. The number of rotatable bonds is 6. The number of nitrogens with one attached hydrogen (secondary N) is 2. The molecule has 0 fully saturated rings. The van der Waals surface area contributed by atoms with E-state index in [2.05, 4.69) is 102 Å². The number of anilines is 2. The van der Waals surface area contributed by atoms with E-state index in [1.165, 1.54) is 44.5 Å². The Morgan fingerprint density at radius 2 is 1.35 bits per heavy atom. The van der Waals surface area contributed by atoms with Gasteiger partial charge in [0, 0.05) is 34.6 Å². The molecule has 0 spiro atoms. The Hall–Kier alpha value is -3.76. The largest absolute Gasteiger partial charge is 0.381 e. The lowest BCUT2D eigenvalue weighted by atomic mass is 9.96. The van der Waals surface area contributed by atoms with E-state index in [0.717, 1.165) is 22.8 Å². The fourth-order valence-corrected chi connectivity index (χ4v) is 5.44. The summed E-state index contributed by atoms with van der Waals surface area (Å²) in [7, 11) is 0. The van der Waals surface area contributed by atoms with Crippen molar-refractivity contribution in [1.29, 1.82) is 0 Å². The van der Waals surface area contributed by atoms with E-state index in [9.17, 15) is 4.79 Å². The van der Waals surface area contributed by atoms with Gasteiger partial charge in [0.25, 0.3) is 0 Å². The standard InChI is InChI=1S/C30H26N2OS/c1-20-8-7-9-23(18-20)31-19-29-25-10-3-5-12-27(25)30(28-13-6-4-11-26(28)29)34-24-16-14-22(15-17-24)32-21(2)33/h3-18,31H,19H2,1-2H3,(H,32,33). The zero-order valence-corrected chi connectivity index (χ0v) is 20.1. The lowest BCUT2D eigenvalue weighted by Gasteiger charge is -2.18. The van der Waals surface area contributed by atoms with E-state index in [1.54, 1.807) is 11.8 Å². The first-order valence-corrected chi connectivity index (χ1v) is 12.2. The molecule has 0 unspecified atom stereocenters. The van der Waals surface area contributed by atoms with E-state index in [-0.39, 0.29) is 5.91 Å². The third kappa shape index (κ3) is 4.63. The first kappa shape index (κ1) is 22.1. The van der Waals surface area contributed by atoms with Gasteiger partial charge in [-0.3, -0.25) is 4.79 Å². The predicted octanol–water partition coefficient (Wildman–Crippen LogP) is 8.02. The SMILES string of the molecule is CC(=O)Nc1ccc(Sc2c3ccccc3c(CNc3cccc(C)c3)c3ccccc23)cc1. The summed E-state index contributed by atoms with van der Waals surface area (Å²) in [6.45, 7) is 4.39. The van der Waals surface area contributed by atoms with Crippen LogP contribution in [-0.4, -0.2) is 5.91 Å². The highest BCUT2D eigenvalue weighted by Gasteiger charge is 2.15. The highest BCUT2D eigenvalue weighted by Crippen LogP contribution is 2.42. The Labute approximate surface area is 204 Å². The molecule has 0 bridgehead atoms. The molecule has 5 aromatic rings. The Balaban J connectivity index is 1.58. The molecule has 34 heavy (non-hydrogen) atoms. The summed E-state index contributed by atoms with van der Waals surface area (Å²) in [6, 6.07) is 33.9. The minimum absolute atomic E-state index is 0.0627. The van der Waals surface area contributed by atoms with Gasteiger partial charge in [-0.05, 0) is 76.0 Å². The van der Waals surface area contributed by atoms with Crippen LogP contribution in [0, 0.1) is 6.92 Å². The first-order chi connectivity index (χ1) is 16.6. The molecule has 2 N–H and O–H groups in total. The van der Waals surface area contributed by atoms with Gasteiger partial charge in [-0.15, -0.1) is 0 Å². The molecule has 0 atom stereocenters.